The lowest BCUT2D eigenvalue weighted by atomic mass is 10.2. The van der Waals surface area contributed by atoms with Gasteiger partial charge < -0.3 is 10.8 Å². The van der Waals surface area contributed by atoms with Crippen molar-refractivity contribution in [2.24, 2.45) is 5.73 Å². The minimum absolute atomic E-state index is 0. The Hall–Kier alpha value is -1.27. The molecule has 0 atom stereocenters. The number of halogens is 1. The molecule has 0 heterocycles. The lowest BCUT2D eigenvalue weighted by molar-refractivity contribution is 0.233. The molecule has 114 valence electrons. The first kappa shape index (κ1) is 18.7. The van der Waals surface area contributed by atoms with Crippen molar-refractivity contribution in [2.45, 2.75) is 26.8 Å². The zero-order valence-corrected chi connectivity index (χ0v) is 14.0. The highest BCUT2D eigenvalue weighted by Crippen LogP contribution is 2.18. The molecule has 0 bridgehead atoms. The summed E-state index contributed by atoms with van der Waals surface area (Å²) in [6.45, 7) is 8.57. The van der Waals surface area contributed by atoms with E-state index in [1.807, 2.05) is 0 Å². The number of phenols is 1. The van der Waals surface area contributed by atoms with Gasteiger partial charge in [0.05, 0.1) is 0 Å². The fourth-order valence-electron chi connectivity index (χ4n) is 2.01. The Labute approximate surface area is 131 Å². The monoisotopic (exact) mass is 345 g/mol. The summed E-state index contributed by atoms with van der Waals surface area (Å²) in [6.07, 6.45) is 0. The summed E-state index contributed by atoms with van der Waals surface area (Å²) in [7, 11) is 0. The van der Waals surface area contributed by atoms with Crippen LogP contribution >= 0.6 is 17.0 Å². The van der Waals surface area contributed by atoms with Crippen LogP contribution in [0.25, 0.3) is 0 Å². The summed E-state index contributed by atoms with van der Waals surface area (Å²) < 4.78 is 0. The average Bonchev–Trinajstić information content (AvgIpc) is 2.35. The first-order valence-corrected chi connectivity index (χ1v) is 6.55. The zero-order chi connectivity index (χ0) is 14.4. The number of carbonyl (C=O) groups is 1. The number of phenolic OH excluding ortho intramolecular Hbond substituents is 1. The summed E-state index contributed by atoms with van der Waals surface area (Å²) in [6, 6.07) is 6.42. The first-order chi connectivity index (χ1) is 8.95. The normalized spacial score (nSPS) is 10.4. The fraction of sp³-hybridized carbons (Fsp3) is 0.500. The second-order valence-electron chi connectivity index (χ2n) is 4.73. The van der Waals surface area contributed by atoms with Crippen molar-refractivity contribution in [3.8, 4) is 5.75 Å². The van der Waals surface area contributed by atoms with Gasteiger partial charge in [0.15, 0.2) is 0 Å². The smallest absolute Gasteiger partial charge is 0.319 e. The molecule has 6 heteroatoms. The highest BCUT2D eigenvalue weighted by molar-refractivity contribution is 8.93. The minimum atomic E-state index is -0.481. The van der Waals surface area contributed by atoms with Crippen molar-refractivity contribution >= 4 is 28.7 Å². The van der Waals surface area contributed by atoms with E-state index in [0.717, 1.165) is 13.1 Å². The second-order valence-corrected chi connectivity index (χ2v) is 4.73. The minimum Gasteiger partial charge on any atom is -0.508 e. The molecular weight excluding hydrogens is 322 g/mol. The number of anilines is 1. The van der Waals surface area contributed by atoms with Gasteiger partial charge >= 0.3 is 6.03 Å². The van der Waals surface area contributed by atoms with Crippen LogP contribution < -0.4 is 10.6 Å². The number of nitrogens with two attached hydrogens (primary N) is 1. The largest absolute Gasteiger partial charge is 0.508 e. The number of urea groups is 1. The highest BCUT2D eigenvalue weighted by Gasteiger charge is 2.15. The molecule has 2 amide bonds. The Morgan fingerprint density at radius 3 is 2.20 bits per heavy atom. The van der Waals surface area contributed by atoms with Gasteiger partial charge in [-0.2, -0.15) is 0 Å². The molecule has 0 aliphatic carbocycles. The van der Waals surface area contributed by atoms with E-state index in [1.54, 1.807) is 24.3 Å². The Morgan fingerprint density at radius 1 is 1.25 bits per heavy atom. The summed E-state index contributed by atoms with van der Waals surface area (Å²) in [4.78, 5) is 15.3. The van der Waals surface area contributed by atoms with Crippen LogP contribution in [0.4, 0.5) is 10.5 Å². The molecule has 0 saturated heterocycles. The zero-order valence-electron chi connectivity index (χ0n) is 12.2. The van der Waals surface area contributed by atoms with E-state index < -0.39 is 6.03 Å². The molecule has 3 N–H and O–H groups in total. The molecule has 0 spiro atoms. The van der Waals surface area contributed by atoms with Gasteiger partial charge in [-0.25, -0.2) is 4.79 Å². The van der Waals surface area contributed by atoms with E-state index in [1.165, 1.54) is 4.90 Å². The van der Waals surface area contributed by atoms with E-state index in [-0.39, 0.29) is 22.7 Å². The Balaban J connectivity index is 0.00000361. The Kier molecular flexibility index (Phi) is 8.25. The maximum absolute atomic E-state index is 11.5. The maximum Gasteiger partial charge on any atom is 0.319 e. The van der Waals surface area contributed by atoms with Crippen LogP contribution in [0.2, 0.25) is 0 Å². The van der Waals surface area contributed by atoms with Crippen molar-refractivity contribution < 1.29 is 9.90 Å². The number of primary amides is 1. The molecule has 1 aromatic rings. The van der Waals surface area contributed by atoms with Crippen molar-refractivity contribution in [3.63, 3.8) is 0 Å². The second kappa shape index (κ2) is 8.81. The van der Waals surface area contributed by atoms with Gasteiger partial charge in [0.2, 0.25) is 0 Å². The Morgan fingerprint density at radius 2 is 1.80 bits per heavy atom. The third-order valence-corrected chi connectivity index (χ3v) is 3.17. The number of likely N-dealkylation sites (N-methyl/N-ethyl adjacent to an activating group) is 1. The van der Waals surface area contributed by atoms with Gasteiger partial charge in [-0.1, -0.05) is 6.92 Å². The molecular formula is C14H24BrN3O2. The van der Waals surface area contributed by atoms with Crippen LogP contribution in [0.15, 0.2) is 24.3 Å². The number of benzene rings is 1. The lowest BCUT2D eigenvalue weighted by Gasteiger charge is -2.28. The molecule has 0 aromatic heterocycles. The van der Waals surface area contributed by atoms with Crippen molar-refractivity contribution in [3.05, 3.63) is 24.3 Å². The highest BCUT2D eigenvalue weighted by atomic mass is 79.9. The van der Waals surface area contributed by atoms with Gasteiger partial charge in [-0.05, 0) is 44.7 Å². The molecule has 0 saturated carbocycles. The molecule has 0 aliphatic rings. The molecule has 0 radical (unpaired) electrons. The van der Waals surface area contributed by atoms with Crippen LogP contribution in [-0.2, 0) is 0 Å². The molecule has 20 heavy (non-hydrogen) atoms. The van der Waals surface area contributed by atoms with Crippen LogP contribution in [0, 0.1) is 0 Å². The number of rotatable bonds is 6. The molecule has 0 fully saturated rings. The van der Waals surface area contributed by atoms with Crippen LogP contribution in [0.1, 0.15) is 20.8 Å². The van der Waals surface area contributed by atoms with E-state index in [9.17, 15) is 9.90 Å². The SMILES string of the molecule is Br.CCN(CCN(C(N)=O)c1ccc(O)cc1)C(C)C. The first-order valence-electron chi connectivity index (χ1n) is 6.55. The van der Waals surface area contributed by atoms with E-state index in [0.29, 0.717) is 18.3 Å². The number of nitrogens with zero attached hydrogens (tertiary/aromatic N) is 2. The number of hydrogen-bond acceptors (Lipinski definition) is 3. The van der Waals surface area contributed by atoms with Gasteiger partial charge in [0.25, 0.3) is 0 Å². The third-order valence-electron chi connectivity index (χ3n) is 3.17. The van der Waals surface area contributed by atoms with Crippen LogP contribution in [0.5, 0.6) is 5.75 Å². The van der Waals surface area contributed by atoms with Gasteiger partial charge in [-0.3, -0.25) is 9.80 Å². The standard InChI is InChI=1S/C14H23N3O2.BrH/c1-4-16(11(2)3)9-10-17(14(15)19)12-5-7-13(18)8-6-12;/h5-8,11,18H,4,9-10H2,1-3H3,(H2,15,19);1H. The fourth-order valence-corrected chi connectivity index (χ4v) is 2.01. The summed E-state index contributed by atoms with van der Waals surface area (Å²) >= 11 is 0. The summed E-state index contributed by atoms with van der Waals surface area (Å²) in [5.74, 6) is 0.172. The van der Waals surface area contributed by atoms with Crippen molar-refractivity contribution in [2.75, 3.05) is 24.5 Å². The van der Waals surface area contributed by atoms with Crippen molar-refractivity contribution in [1.82, 2.24) is 4.90 Å². The molecule has 1 rings (SSSR count). The predicted molar refractivity (Wildman–Crippen MR) is 87.7 cm³/mol. The molecule has 0 aliphatic heterocycles. The van der Waals surface area contributed by atoms with E-state index in [2.05, 4.69) is 25.7 Å². The maximum atomic E-state index is 11.5. The van der Waals surface area contributed by atoms with Gasteiger partial charge in [0.1, 0.15) is 5.75 Å². The number of carbonyl (C=O) groups excluding carboxylic acids is 1. The number of aromatic hydroxyl groups is 1. The molecule has 0 unspecified atom stereocenters. The topological polar surface area (TPSA) is 69.8 Å². The molecule has 5 nitrogen and oxygen atoms in total. The number of hydrogen-bond donors (Lipinski definition) is 2. The van der Waals surface area contributed by atoms with E-state index in [4.69, 9.17) is 5.73 Å². The van der Waals surface area contributed by atoms with Crippen molar-refractivity contribution in [1.29, 1.82) is 0 Å². The average molecular weight is 346 g/mol. The summed E-state index contributed by atoms with van der Waals surface area (Å²) in [5, 5.41) is 9.26. The van der Waals surface area contributed by atoms with Gasteiger partial charge in [0, 0.05) is 24.8 Å². The quantitative estimate of drug-likeness (QED) is 0.832. The van der Waals surface area contributed by atoms with E-state index >= 15 is 0 Å². The molecule has 1 aromatic carbocycles. The summed E-state index contributed by atoms with van der Waals surface area (Å²) in [5.41, 5.74) is 6.12. The van der Waals surface area contributed by atoms with Crippen LogP contribution in [-0.4, -0.2) is 41.7 Å². The lowest BCUT2D eigenvalue weighted by Crippen LogP contribution is -2.43. The van der Waals surface area contributed by atoms with Crippen LogP contribution in [0.3, 0.4) is 0 Å². The number of amides is 2. The third kappa shape index (κ3) is 5.38. The predicted octanol–water partition coefficient (Wildman–Crippen LogP) is 2.59. The Bertz CT molecular complexity index is 409. The van der Waals surface area contributed by atoms with Gasteiger partial charge in [-0.15, -0.1) is 17.0 Å².